The number of aromatic nitrogens is 3. The van der Waals surface area contributed by atoms with Crippen molar-refractivity contribution < 1.29 is 23.9 Å². The monoisotopic (exact) mass is 527 g/mol. The Morgan fingerprint density at radius 1 is 1.05 bits per heavy atom. The summed E-state index contributed by atoms with van der Waals surface area (Å²) in [5.41, 5.74) is 3.57. The first-order valence-corrected chi connectivity index (χ1v) is 12.9. The van der Waals surface area contributed by atoms with Crippen LogP contribution in [0.5, 0.6) is 0 Å². The van der Waals surface area contributed by atoms with Crippen molar-refractivity contribution >= 4 is 40.7 Å². The number of benzene rings is 1. The predicted molar refractivity (Wildman–Crippen MR) is 146 cm³/mol. The van der Waals surface area contributed by atoms with E-state index in [9.17, 15) is 14.4 Å². The van der Waals surface area contributed by atoms with Crippen LogP contribution in [-0.2, 0) is 9.59 Å². The van der Waals surface area contributed by atoms with Crippen LogP contribution in [0.25, 0.3) is 28.6 Å². The Morgan fingerprint density at radius 2 is 1.82 bits per heavy atom. The van der Waals surface area contributed by atoms with Crippen LogP contribution in [0.4, 0.5) is 5.69 Å². The summed E-state index contributed by atoms with van der Waals surface area (Å²) in [6.07, 6.45) is 11.4. The van der Waals surface area contributed by atoms with Gasteiger partial charge in [0.2, 0.25) is 5.91 Å². The molecule has 3 N–H and O–H groups in total. The number of hydrogen-bond acceptors (Lipinski definition) is 6. The lowest BCUT2D eigenvalue weighted by Gasteiger charge is -2.25. The summed E-state index contributed by atoms with van der Waals surface area (Å²) >= 11 is 0. The number of carbonyl (C=O) groups excluding carboxylic acids is 2. The van der Waals surface area contributed by atoms with Crippen molar-refractivity contribution in [2.24, 2.45) is 0 Å². The Hall–Kier alpha value is -4.73. The van der Waals surface area contributed by atoms with Gasteiger partial charge < -0.3 is 24.7 Å². The maximum Gasteiger partial charge on any atom is 0.328 e. The van der Waals surface area contributed by atoms with E-state index >= 15 is 0 Å². The van der Waals surface area contributed by atoms with Crippen molar-refractivity contribution in [2.45, 2.75) is 51.1 Å². The molecule has 0 saturated heterocycles. The third kappa shape index (κ3) is 5.90. The Labute approximate surface area is 224 Å². The summed E-state index contributed by atoms with van der Waals surface area (Å²) in [5, 5.41) is 14.2. The predicted octanol–water partition coefficient (Wildman–Crippen LogP) is 5.05. The highest BCUT2D eigenvalue weighted by Crippen LogP contribution is 2.35. The fraction of sp³-hybridized carbons (Fsp3) is 0.276. The summed E-state index contributed by atoms with van der Waals surface area (Å²) in [6, 6.07) is 11.6. The van der Waals surface area contributed by atoms with E-state index in [2.05, 4.69) is 20.2 Å². The van der Waals surface area contributed by atoms with Crippen LogP contribution in [-0.4, -0.2) is 43.5 Å². The lowest BCUT2D eigenvalue weighted by molar-refractivity contribution is -0.131. The van der Waals surface area contributed by atoms with Gasteiger partial charge in [-0.05, 0) is 61.7 Å². The highest BCUT2D eigenvalue weighted by molar-refractivity contribution is 6.01. The van der Waals surface area contributed by atoms with Gasteiger partial charge in [-0.3, -0.25) is 9.59 Å². The van der Waals surface area contributed by atoms with Crippen molar-refractivity contribution in [1.29, 1.82) is 0 Å². The number of nitrogens with zero attached hydrogens (tertiary/aromatic N) is 3. The normalized spacial score (nSPS) is 14.9. The molecule has 5 rings (SSSR count). The van der Waals surface area contributed by atoms with Crippen molar-refractivity contribution in [1.82, 2.24) is 19.9 Å². The van der Waals surface area contributed by atoms with Gasteiger partial charge in [0, 0.05) is 17.8 Å². The summed E-state index contributed by atoms with van der Waals surface area (Å²) in [7, 11) is 0. The third-order valence-corrected chi connectivity index (χ3v) is 6.84. The molecule has 39 heavy (non-hydrogen) atoms. The zero-order valence-electron chi connectivity index (χ0n) is 21.5. The minimum atomic E-state index is -1.04. The molecule has 2 amide bonds. The van der Waals surface area contributed by atoms with Gasteiger partial charge in [-0.2, -0.15) is 0 Å². The number of nitrogens with one attached hydrogen (secondary N) is 2. The first kappa shape index (κ1) is 25.9. The smallest absolute Gasteiger partial charge is 0.328 e. The van der Waals surface area contributed by atoms with Crippen molar-refractivity contribution in [3.8, 4) is 11.4 Å². The number of carboxylic acid groups (broad SMARTS) is 1. The van der Waals surface area contributed by atoms with Gasteiger partial charge in [-0.1, -0.05) is 31.4 Å². The highest BCUT2D eigenvalue weighted by atomic mass is 16.4. The molecule has 0 unspecified atom stereocenters. The topological polar surface area (TPSA) is 139 Å². The van der Waals surface area contributed by atoms with E-state index in [-0.39, 0.29) is 5.69 Å². The molecule has 3 aromatic heterocycles. The van der Waals surface area contributed by atoms with Gasteiger partial charge in [-0.25, -0.2) is 14.8 Å². The number of furan rings is 1. The molecule has 3 heterocycles. The molecule has 0 spiro atoms. The molecule has 0 radical (unpaired) electrons. The maximum absolute atomic E-state index is 13.0. The molecule has 1 atom stereocenters. The van der Waals surface area contributed by atoms with E-state index in [0.717, 1.165) is 48.7 Å². The third-order valence-electron chi connectivity index (χ3n) is 6.84. The van der Waals surface area contributed by atoms with Gasteiger partial charge >= 0.3 is 5.97 Å². The fourth-order valence-corrected chi connectivity index (χ4v) is 4.84. The molecule has 1 aliphatic carbocycles. The van der Waals surface area contributed by atoms with Crippen molar-refractivity contribution in [3.63, 3.8) is 0 Å². The first-order valence-electron chi connectivity index (χ1n) is 12.9. The van der Waals surface area contributed by atoms with Gasteiger partial charge in [-0.15, -0.1) is 0 Å². The van der Waals surface area contributed by atoms with Gasteiger partial charge in [0.25, 0.3) is 5.91 Å². The Bertz CT molecular complexity index is 1520. The fourth-order valence-electron chi connectivity index (χ4n) is 4.84. The van der Waals surface area contributed by atoms with Crippen LogP contribution in [0.2, 0.25) is 0 Å². The average molecular weight is 528 g/mol. The molecule has 0 bridgehead atoms. The Morgan fingerprint density at radius 3 is 2.51 bits per heavy atom. The molecule has 1 fully saturated rings. The summed E-state index contributed by atoms with van der Waals surface area (Å²) in [5.74, 6) is -1.15. The van der Waals surface area contributed by atoms with Crippen molar-refractivity contribution in [3.05, 3.63) is 72.3 Å². The second-order valence-electron chi connectivity index (χ2n) is 9.63. The van der Waals surface area contributed by atoms with E-state index in [4.69, 9.17) is 14.5 Å². The Kier molecular flexibility index (Phi) is 7.53. The quantitative estimate of drug-likeness (QED) is 0.272. The molecule has 200 valence electrons. The summed E-state index contributed by atoms with van der Waals surface area (Å²) < 4.78 is 7.52. The molecular weight excluding hydrogens is 498 g/mol. The standard InChI is InChI=1S/C29H29N5O5/c1-18(28(37)31-21-10-7-19(8-11-21)9-14-25(35)36)30-29(38)23-12-13-24-26(32-23)33-27(20-15-16-39-17-20)34(24)22-5-3-2-4-6-22/h7-18,22H,2-6H2,1H3,(H,30,38)(H,31,37)(H,35,36)/b14-9+/t18-/m1/s1. The number of anilines is 1. The minimum Gasteiger partial charge on any atom is -0.478 e. The SMILES string of the molecule is C[C@@H](NC(=O)c1ccc2c(n1)nc(-c1ccoc1)n2C1CCCCC1)C(=O)Nc1ccc(/C=C/C(=O)O)cc1. The van der Waals surface area contributed by atoms with Crippen LogP contribution in [0.3, 0.4) is 0 Å². The minimum absolute atomic E-state index is 0.170. The zero-order valence-corrected chi connectivity index (χ0v) is 21.5. The number of carbonyl (C=O) groups is 3. The number of aliphatic carboxylic acids is 1. The number of carboxylic acids is 1. The molecule has 1 aromatic carbocycles. The highest BCUT2D eigenvalue weighted by Gasteiger charge is 2.25. The maximum atomic E-state index is 13.0. The van der Waals surface area contributed by atoms with Crippen LogP contribution < -0.4 is 10.6 Å². The Balaban J connectivity index is 1.30. The van der Waals surface area contributed by atoms with Crippen LogP contribution in [0, 0.1) is 0 Å². The van der Waals surface area contributed by atoms with Crippen LogP contribution in [0.1, 0.15) is 61.1 Å². The van der Waals surface area contributed by atoms with E-state index in [1.807, 2.05) is 12.1 Å². The van der Waals surface area contributed by atoms with Crippen LogP contribution >= 0.6 is 0 Å². The molecule has 10 heteroatoms. The van der Waals surface area contributed by atoms with Crippen LogP contribution in [0.15, 0.2) is 65.5 Å². The number of pyridine rings is 1. The van der Waals surface area contributed by atoms with E-state index < -0.39 is 23.8 Å². The second kappa shape index (κ2) is 11.3. The van der Waals surface area contributed by atoms with E-state index in [0.29, 0.717) is 22.9 Å². The largest absolute Gasteiger partial charge is 0.478 e. The van der Waals surface area contributed by atoms with Gasteiger partial charge in [0.1, 0.15) is 23.8 Å². The number of hydrogen-bond donors (Lipinski definition) is 3. The summed E-state index contributed by atoms with van der Waals surface area (Å²) in [4.78, 5) is 45.6. The number of imidazole rings is 1. The number of amides is 2. The van der Waals surface area contributed by atoms with Gasteiger partial charge in [0.15, 0.2) is 5.65 Å². The second-order valence-corrected chi connectivity index (χ2v) is 9.63. The molecule has 1 saturated carbocycles. The lowest BCUT2D eigenvalue weighted by Crippen LogP contribution is -2.41. The van der Waals surface area contributed by atoms with Crippen molar-refractivity contribution in [2.75, 3.05) is 5.32 Å². The van der Waals surface area contributed by atoms with Gasteiger partial charge in [0.05, 0.1) is 17.3 Å². The lowest BCUT2D eigenvalue weighted by atomic mass is 9.95. The number of fused-ring (bicyclic) bond motifs is 1. The molecule has 0 aliphatic heterocycles. The molecule has 1 aliphatic rings. The van der Waals surface area contributed by atoms with E-state index in [1.165, 1.54) is 12.5 Å². The van der Waals surface area contributed by atoms with E-state index in [1.54, 1.807) is 49.8 Å². The molecular formula is C29H29N5O5. The summed E-state index contributed by atoms with van der Waals surface area (Å²) in [6.45, 7) is 1.59. The molecule has 4 aromatic rings. The zero-order chi connectivity index (χ0) is 27.4. The molecule has 10 nitrogen and oxygen atoms in total. The average Bonchev–Trinajstić information content (AvgIpc) is 3.61. The number of rotatable bonds is 8. The first-order chi connectivity index (χ1) is 18.9.